The third-order valence-corrected chi connectivity index (χ3v) is 3.94. The van der Waals surface area contributed by atoms with Gasteiger partial charge in [0.25, 0.3) is 0 Å². The Hall–Kier alpha value is -3.03. The summed E-state index contributed by atoms with van der Waals surface area (Å²) in [5, 5.41) is 24.4. The summed E-state index contributed by atoms with van der Waals surface area (Å²) in [6.07, 6.45) is 1.62. The Morgan fingerprint density at radius 2 is 2.04 bits per heavy atom. The Labute approximate surface area is 138 Å². The molecule has 0 radical (unpaired) electrons. The summed E-state index contributed by atoms with van der Waals surface area (Å²) in [4.78, 5) is 0. The first kappa shape index (κ1) is 14.6. The van der Waals surface area contributed by atoms with Gasteiger partial charge in [-0.25, -0.2) is 4.68 Å². The van der Waals surface area contributed by atoms with E-state index in [0.717, 1.165) is 28.1 Å². The van der Waals surface area contributed by atoms with E-state index in [4.69, 9.17) is 0 Å². The van der Waals surface area contributed by atoms with Crippen molar-refractivity contribution in [3.63, 3.8) is 0 Å². The number of anilines is 1. The van der Waals surface area contributed by atoms with Crippen molar-refractivity contribution in [1.82, 2.24) is 34.8 Å². The number of para-hydroxylation sites is 1. The van der Waals surface area contributed by atoms with Crippen LogP contribution in [0.4, 0.5) is 5.69 Å². The fourth-order valence-corrected chi connectivity index (χ4v) is 2.64. The van der Waals surface area contributed by atoms with Crippen LogP contribution in [-0.2, 0) is 6.54 Å². The highest BCUT2D eigenvalue weighted by molar-refractivity contribution is 5.73. The van der Waals surface area contributed by atoms with Gasteiger partial charge in [0.15, 0.2) is 0 Å². The van der Waals surface area contributed by atoms with Crippen molar-refractivity contribution in [3.05, 3.63) is 42.4 Å². The van der Waals surface area contributed by atoms with Gasteiger partial charge in [-0.1, -0.05) is 31.2 Å². The average Bonchev–Trinajstić information content (AvgIpc) is 3.21. The zero-order chi connectivity index (χ0) is 16.5. The largest absolute Gasteiger partial charge is 0.380 e. The Bertz CT molecular complexity index is 984. The number of hydrogen-bond donors (Lipinski definition) is 1. The van der Waals surface area contributed by atoms with Crippen LogP contribution in [0.1, 0.15) is 25.5 Å². The van der Waals surface area contributed by atoms with Gasteiger partial charge in [-0.15, -0.1) is 15.3 Å². The van der Waals surface area contributed by atoms with E-state index in [0.29, 0.717) is 19.0 Å². The Balaban J connectivity index is 1.55. The van der Waals surface area contributed by atoms with Crippen molar-refractivity contribution in [2.45, 2.75) is 26.3 Å². The third-order valence-electron chi connectivity index (χ3n) is 3.94. The molecule has 0 aliphatic heterocycles. The molecule has 0 saturated carbocycles. The topological polar surface area (TPSA) is 85.8 Å². The molecule has 8 heteroatoms. The first-order chi connectivity index (χ1) is 11.7. The molecule has 24 heavy (non-hydrogen) atoms. The maximum Gasteiger partial charge on any atom is 0.200 e. The maximum absolute atomic E-state index is 4.52. The van der Waals surface area contributed by atoms with Crippen molar-refractivity contribution >= 4 is 22.4 Å². The van der Waals surface area contributed by atoms with Crippen LogP contribution in [0, 0.1) is 0 Å². The first-order valence-electron chi connectivity index (χ1n) is 7.95. The molecule has 0 unspecified atom stereocenters. The van der Waals surface area contributed by atoms with Crippen molar-refractivity contribution in [3.8, 4) is 0 Å². The van der Waals surface area contributed by atoms with Gasteiger partial charge in [0.1, 0.15) is 11.8 Å². The summed E-state index contributed by atoms with van der Waals surface area (Å²) >= 11 is 0. The van der Waals surface area contributed by atoms with Crippen LogP contribution < -0.4 is 5.32 Å². The third kappa shape index (κ3) is 2.55. The molecule has 1 N–H and O–H groups in total. The van der Waals surface area contributed by atoms with Crippen LogP contribution in [0.5, 0.6) is 0 Å². The van der Waals surface area contributed by atoms with Crippen LogP contribution in [0.15, 0.2) is 36.7 Å². The molecule has 0 spiro atoms. The average molecular weight is 322 g/mol. The molecule has 122 valence electrons. The second-order valence-corrected chi connectivity index (χ2v) is 5.96. The fourth-order valence-electron chi connectivity index (χ4n) is 2.64. The summed E-state index contributed by atoms with van der Waals surface area (Å²) in [7, 11) is 0. The minimum Gasteiger partial charge on any atom is -0.380 e. The number of benzene rings is 1. The van der Waals surface area contributed by atoms with Crippen LogP contribution in [0.3, 0.4) is 0 Å². The van der Waals surface area contributed by atoms with E-state index in [1.54, 1.807) is 10.8 Å². The Morgan fingerprint density at radius 1 is 1.17 bits per heavy atom. The molecule has 0 fully saturated rings. The summed E-state index contributed by atoms with van der Waals surface area (Å²) in [5.74, 6) is 0.330. The summed E-state index contributed by atoms with van der Waals surface area (Å²) in [5.41, 5.74) is 4.59. The quantitative estimate of drug-likeness (QED) is 0.605. The van der Waals surface area contributed by atoms with Crippen LogP contribution >= 0.6 is 0 Å². The first-order valence-corrected chi connectivity index (χ1v) is 7.95. The van der Waals surface area contributed by atoms with Gasteiger partial charge in [-0.2, -0.15) is 9.61 Å². The molecule has 0 aliphatic rings. The number of nitrogens with one attached hydrogen (secondary N) is 1. The van der Waals surface area contributed by atoms with E-state index in [1.165, 1.54) is 0 Å². The van der Waals surface area contributed by atoms with Crippen molar-refractivity contribution in [1.29, 1.82) is 0 Å². The maximum atomic E-state index is 4.52. The fraction of sp³-hybridized carbons (Fsp3) is 0.312. The predicted octanol–water partition coefficient (Wildman–Crippen LogP) is 2.10. The van der Waals surface area contributed by atoms with E-state index in [1.807, 2.05) is 35.0 Å². The summed E-state index contributed by atoms with van der Waals surface area (Å²) in [6, 6.07) is 9.98. The lowest BCUT2D eigenvalue weighted by molar-refractivity contribution is 0.627. The zero-order valence-corrected chi connectivity index (χ0v) is 13.6. The smallest absolute Gasteiger partial charge is 0.200 e. The van der Waals surface area contributed by atoms with E-state index in [9.17, 15) is 0 Å². The standard InChI is InChI=1S/C16H18N8/c1-11(2)13-9-14(16-20-18-10-24(16)21-13)17-7-8-23-15-6-4-3-5-12(15)19-22-23/h3-6,9-11,17H,7-8H2,1-2H3. The number of hydrogen-bond acceptors (Lipinski definition) is 6. The van der Waals surface area contributed by atoms with Crippen molar-refractivity contribution in [2.24, 2.45) is 0 Å². The predicted molar refractivity (Wildman–Crippen MR) is 90.9 cm³/mol. The minimum absolute atomic E-state index is 0.330. The molecular formula is C16H18N8. The lowest BCUT2D eigenvalue weighted by Crippen LogP contribution is -2.13. The number of aromatic nitrogens is 7. The van der Waals surface area contributed by atoms with E-state index in [-0.39, 0.29) is 0 Å². The van der Waals surface area contributed by atoms with Crippen LogP contribution in [-0.4, -0.2) is 41.4 Å². The number of fused-ring (bicyclic) bond motifs is 2. The highest BCUT2D eigenvalue weighted by Crippen LogP contribution is 2.20. The molecule has 0 aliphatic carbocycles. The molecule has 3 heterocycles. The Morgan fingerprint density at radius 3 is 2.92 bits per heavy atom. The highest BCUT2D eigenvalue weighted by Gasteiger charge is 2.10. The molecule has 4 aromatic rings. The van der Waals surface area contributed by atoms with Gasteiger partial charge >= 0.3 is 0 Å². The van der Waals surface area contributed by atoms with Crippen molar-refractivity contribution < 1.29 is 0 Å². The highest BCUT2D eigenvalue weighted by atomic mass is 15.4. The Kier molecular flexibility index (Phi) is 3.56. The molecule has 0 amide bonds. The molecule has 0 bridgehead atoms. The second kappa shape index (κ2) is 5.88. The zero-order valence-electron chi connectivity index (χ0n) is 13.6. The van der Waals surface area contributed by atoms with Gasteiger partial charge < -0.3 is 5.32 Å². The monoisotopic (exact) mass is 322 g/mol. The number of nitrogens with zero attached hydrogens (tertiary/aromatic N) is 7. The van der Waals surface area contributed by atoms with Gasteiger partial charge in [-0.3, -0.25) is 0 Å². The van der Waals surface area contributed by atoms with Gasteiger partial charge in [0.2, 0.25) is 5.65 Å². The van der Waals surface area contributed by atoms with Gasteiger partial charge in [-0.05, 0) is 24.1 Å². The van der Waals surface area contributed by atoms with Crippen molar-refractivity contribution in [2.75, 3.05) is 11.9 Å². The molecular weight excluding hydrogens is 304 g/mol. The normalized spacial score (nSPS) is 11.6. The van der Waals surface area contributed by atoms with Gasteiger partial charge in [0.05, 0.1) is 23.4 Å². The summed E-state index contributed by atoms with van der Waals surface area (Å²) in [6.45, 7) is 5.64. The van der Waals surface area contributed by atoms with E-state index < -0.39 is 0 Å². The molecule has 1 aromatic carbocycles. The SMILES string of the molecule is CC(C)c1cc(NCCn2nnc3ccccc32)c2nncn2n1. The lowest BCUT2D eigenvalue weighted by atomic mass is 10.1. The summed E-state index contributed by atoms with van der Waals surface area (Å²) < 4.78 is 3.61. The molecule has 8 nitrogen and oxygen atoms in total. The molecule has 0 saturated heterocycles. The van der Waals surface area contributed by atoms with Crippen LogP contribution in [0.25, 0.3) is 16.7 Å². The second-order valence-electron chi connectivity index (χ2n) is 5.96. The number of rotatable bonds is 5. The lowest BCUT2D eigenvalue weighted by Gasteiger charge is -2.11. The molecule has 0 atom stereocenters. The minimum atomic E-state index is 0.330. The van der Waals surface area contributed by atoms with Gasteiger partial charge in [0, 0.05) is 6.54 Å². The van der Waals surface area contributed by atoms with Crippen LogP contribution in [0.2, 0.25) is 0 Å². The molecule has 3 aromatic heterocycles. The van der Waals surface area contributed by atoms with E-state index >= 15 is 0 Å². The van der Waals surface area contributed by atoms with E-state index in [2.05, 4.69) is 44.8 Å². The molecule has 4 rings (SSSR count).